The van der Waals surface area contributed by atoms with Crippen molar-refractivity contribution in [3.05, 3.63) is 23.3 Å². The molecule has 2 heteroatoms. The van der Waals surface area contributed by atoms with Gasteiger partial charge < -0.3 is 10.6 Å². The lowest BCUT2D eigenvalue weighted by Crippen LogP contribution is -2.52. The molecule has 0 aromatic heterocycles. The lowest BCUT2D eigenvalue weighted by Gasteiger charge is -2.59. The van der Waals surface area contributed by atoms with Crippen LogP contribution in [0, 0.1) is 80.8 Å². The standard InChI is InChI=1S/C49H82N2/c1-9-27-50-36-19-23-46(5)34(30-36)11-13-38-42-17-15-40(48(42,7)25-21-44(38)46)32(3)29-33(4)41-16-18-43-39-14-12-35-31-37(51-28-10-2)20-24-47(35,6)45(39)22-26-49(41,43)8/h11-12,32-33,36-45,50-51H,9-10,13-31H2,1-8H3/t32-,33-,36+,37+,38+,39?,40?,41?,42+,43+,44?,45?,46?,47?,48?,49?/m1/s1. The van der Waals surface area contributed by atoms with E-state index >= 15 is 0 Å². The van der Waals surface area contributed by atoms with Crippen LogP contribution in [-0.2, 0) is 0 Å². The second-order valence-electron chi connectivity index (χ2n) is 22.0. The van der Waals surface area contributed by atoms with E-state index in [0.717, 1.165) is 71.3 Å². The third-order valence-electron chi connectivity index (χ3n) is 19.8. The van der Waals surface area contributed by atoms with Crippen LogP contribution >= 0.6 is 0 Å². The van der Waals surface area contributed by atoms with Gasteiger partial charge in [0.1, 0.15) is 0 Å². The molecule has 6 fully saturated rings. The molecule has 0 aromatic carbocycles. The quantitative estimate of drug-likeness (QED) is 0.222. The van der Waals surface area contributed by atoms with Crippen molar-refractivity contribution in [1.29, 1.82) is 0 Å². The topological polar surface area (TPSA) is 24.1 Å². The number of rotatable bonds is 10. The fraction of sp³-hybridized carbons (Fsp3) is 0.918. The maximum absolute atomic E-state index is 3.89. The number of allylic oxidation sites excluding steroid dienone is 2. The lowest BCUT2D eigenvalue weighted by atomic mass is 9.46. The first-order chi connectivity index (χ1) is 24.5. The third kappa shape index (κ3) is 6.05. The first-order valence-corrected chi connectivity index (χ1v) is 23.3. The first-order valence-electron chi connectivity index (χ1n) is 23.3. The Morgan fingerprint density at radius 3 is 1.41 bits per heavy atom. The number of hydrogen-bond donors (Lipinski definition) is 2. The summed E-state index contributed by atoms with van der Waals surface area (Å²) in [5.74, 6) is 9.39. The predicted octanol–water partition coefficient (Wildman–Crippen LogP) is 12.5. The van der Waals surface area contributed by atoms with Gasteiger partial charge in [-0.15, -0.1) is 0 Å². The van der Waals surface area contributed by atoms with Gasteiger partial charge in [0, 0.05) is 12.1 Å². The van der Waals surface area contributed by atoms with Gasteiger partial charge in [0.25, 0.3) is 0 Å². The molecule has 8 aliphatic carbocycles. The molecule has 8 aliphatic rings. The molecule has 2 nitrogen and oxygen atoms in total. The molecular formula is C49H82N2. The number of hydrogen-bond acceptors (Lipinski definition) is 2. The van der Waals surface area contributed by atoms with E-state index in [2.05, 4.69) is 78.2 Å². The molecule has 0 bridgehead atoms. The van der Waals surface area contributed by atoms with Crippen LogP contribution in [-0.4, -0.2) is 25.2 Å². The van der Waals surface area contributed by atoms with E-state index in [1.165, 1.54) is 135 Å². The average Bonchev–Trinajstić information content (AvgIpc) is 3.66. The Balaban J connectivity index is 0.912. The molecule has 51 heavy (non-hydrogen) atoms. The summed E-state index contributed by atoms with van der Waals surface area (Å²) in [6, 6.07) is 1.46. The highest BCUT2D eigenvalue weighted by Crippen LogP contribution is 2.70. The van der Waals surface area contributed by atoms with Crippen LogP contribution in [0.25, 0.3) is 0 Å². The van der Waals surface area contributed by atoms with E-state index in [-0.39, 0.29) is 0 Å². The summed E-state index contributed by atoms with van der Waals surface area (Å²) in [5.41, 5.74) is 5.83. The molecule has 0 spiro atoms. The molecule has 0 amide bonds. The molecule has 0 aromatic rings. The van der Waals surface area contributed by atoms with Crippen molar-refractivity contribution in [2.24, 2.45) is 80.8 Å². The summed E-state index contributed by atoms with van der Waals surface area (Å²) in [6.45, 7) is 23.5. The Bertz CT molecular complexity index is 1210. The van der Waals surface area contributed by atoms with E-state index < -0.39 is 0 Å². The zero-order valence-electron chi connectivity index (χ0n) is 34.9. The number of fused-ring (bicyclic) bond motifs is 10. The van der Waals surface area contributed by atoms with E-state index in [0.29, 0.717) is 21.7 Å². The fourth-order valence-electron chi connectivity index (χ4n) is 17.2. The smallest absolute Gasteiger partial charge is 0.0105 e. The minimum absolute atomic E-state index is 0.485. The van der Waals surface area contributed by atoms with E-state index in [4.69, 9.17) is 0 Å². The van der Waals surface area contributed by atoms with E-state index in [9.17, 15) is 0 Å². The summed E-state index contributed by atoms with van der Waals surface area (Å²) in [6.07, 6.45) is 32.8. The van der Waals surface area contributed by atoms with Crippen LogP contribution in [0.1, 0.15) is 177 Å². The van der Waals surface area contributed by atoms with E-state index in [1.807, 2.05) is 11.1 Å². The van der Waals surface area contributed by atoms with Crippen molar-refractivity contribution in [3.8, 4) is 0 Å². The summed E-state index contributed by atoms with van der Waals surface area (Å²) < 4.78 is 0. The average molecular weight is 699 g/mol. The van der Waals surface area contributed by atoms with Gasteiger partial charge in [0.15, 0.2) is 0 Å². The number of nitrogens with one attached hydrogen (secondary N) is 2. The van der Waals surface area contributed by atoms with Gasteiger partial charge in [-0.25, -0.2) is 0 Å². The van der Waals surface area contributed by atoms with Gasteiger partial charge in [-0.3, -0.25) is 0 Å². The summed E-state index contributed by atoms with van der Waals surface area (Å²) in [4.78, 5) is 0. The molecule has 2 N–H and O–H groups in total. The lowest BCUT2D eigenvalue weighted by molar-refractivity contribution is -0.0608. The molecule has 8 rings (SSSR count). The molecule has 6 saturated carbocycles. The highest BCUT2D eigenvalue weighted by Gasteiger charge is 2.61. The molecule has 288 valence electrons. The minimum Gasteiger partial charge on any atom is -0.314 e. The Morgan fingerprint density at radius 2 is 1.00 bits per heavy atom. The van der Waals surface area contributed by atoms with E-state index in [1.54, 1.807) is 0 Å². The molecular weight excluding hydrogens is 617 g/mol. The van der Waals surface area contributed by atoms with Gasteiger partial charge in [-0.2, -0.15) is 0 Å². The molecule has 0 heterocycles. The highest BCUT2D eigenvalue weighted by molar-refractivity contribution is 5.27. The van der Waals surface area contributed by atoms with Gasteiger partial charge in [-0.05, 0) is 216 Å². The van der Waals surface area contributed by atoms with Gasteiger partial charge >= 0.3 is 0 Å². The van der Waals surface area contributed by atoms with Crippen LogP contribution in [0.3, 0.4) is 0 Å². The Hall–Kier alpha value is -0.600. The maximum atomic E-state index is 3.89. The van der Waals surface area contributed by atoms with Crippen LogP contribution in [0.5, 0.6) is 0 Å². The summed E-state index contributed by atoms with van der Waals surface area (Å²) >= 11 is 0. The normalized spacial score (nSPS) is 50.0. The van der Waals surface area contributed by atoms with Crippen LogP contribution in [0.4, 0.5) is 0 Å². The van der Waals surface area contributed by atoms with Gasteiger partial charge in [0.05, 0.1) is 0 Å². The Labute approximate surface area is 316 Å². The van der Waals surface area contributed by atoms with Crippen molar-refractivity contribution in [2.45, 2.75) is 189 Å². The molecule has 0 saturated heterocycles. The maximum Gasteiger partial charge on any atom is 0.0105 e. The van der Waals surface area contributed by atoms with Crippen LogP contribution in [0.15, 0.2) is 23.3 Å². The molecule has 9 unspecified atom stereocenters. The minimum atomic E-state index is 0.485. The fourth-order valence-corrected chi connectivity index (χ4v) is 17.2. The van der Waals surface area contributed by atoms with Crippen molar-refractivity contribution in [1.82, 2.24) is 10.6 Å². The van der Waals surface area contributed by atoms with Gasteiger partial charge in [0.2, 0.25) is 0 Å². The molecule has 0 radical (unpaired) electrons. The van der Waals surface area contributed by atoms with Crippen molar-refractivity contribution < 1.29 is 0 Å². The van der Waals surface area contributed by atoms with Gasteiger partial charge in [-0.1, -0.05) is 78.7 Å². The van der Waals surface area contributed by atoms with Crippen LogP contribution < -0.4 is 10.6 Å². The third-order valence-corrected chi connectivity index (χ3v) is 19.8. The van der Waals surface area contributed by atoms with Crippen LogP contribution in [0.2, 0.25) is 0 Å². The zero-order valence-corrected chi connectivity index (χ0v) is 34.9. The van der Waals surface area contributed by atoms with Crippen molar-refractivity contribution in [3.63, 3.8) is 0 Å². The van der Waals surface area contributed by atoms with Crippen molar-refractivity contribution >= 4 is 0 Å². The highest BCUT2D eigenvalue weighted by atomic mass is 14.9. The first kappa shape index (κ1) is 37.3. The zero-order chi connectivity index (χ0) is 35.8. The Kier molecular flexibility index (Phi) is 10.4. The SMILES string of the molecule is CCCN[C@H]1CCC2(C)C(=CCC3C2CCC2(C)C([C@H](C)C[C@@H](C)C4CC[C@H]5[C@@H]6CC=C7C[C@@H](NCCC)CCC7(C)C6CCC45C)CC[C@@H]32)C1. The predicted molar refractivity (Wildman–Crippen MR) is 217 cm³/mol. The summed E-state index contributed by atoms with van der Waals surface area (Å²) in [7, 11) is 0. The molecule has 16 atom stereocenters. The van der Waals surface area contributed by atoms with Crippen molar-refractivity contribution in [2.75, 3.05) is 13.1 Å². The largest absolute Gasteiger partial charge is 0.314 e. The monoisotopic (exact) mass is 699 g/mol. The second-order valence-corrected chi connectivity index (χ2v) is 22.0. The Morgan fingerprint density at radius 1 is 0.569 bits per heavy atom. The second kappa shape index (κ2) is 14.2. The molecule has 0 aliphatic heterocycles. The summed E-state index contributed by atoms with van der Waals surface area (Å²) in [5, 5.41) is 7.79.